The molecule has 0 fully saturated rings. The minimum atomic E-state index is -0.530. The number of aromatic nitrogens is 4. The summed E-state index contributed by atoms with van der Waals surface area (Å²) in [5.41, 5.74) is 0.672. The quantitative estimate of drug-likeness (QED) is 0.662. The summed E-state index contributed by atoms with van der Waals surface area (Å²) in [6.07, 6.45) is 0. The van der Waals surface area contributed by atoms with E-state index in [1.165, 1.54) is 0 Å². The molecule has 24 heavy (non-hydrogen) atoms. The zero-order chi connectivity index (χ0) is 16.7. The van der Waals surface area contributed by atoms with E-state index in [2.05, 4.69) is 10.4 Å². The summed E-state index contributed by atoms with van der Waals surface area (Å²) in [5, 5.41) is 7.55. The van der Waals surface area contributed by atoms with Crippen LogP contribution in [0.5, 0.6) is 0 Å². The lowest BCUT2D eigenvalue weighted by Crippen LogP contribution is -2.37. The molecule has 2 amide bonds. The first-order valence-corrected chi connectivity index (χ1v) is 7.20. The Morgan fingerprint density at radius 1 is 0.750 bits per heavy atom. The second-order valence-electron chi connectivity index (χ2n) is 5.23. The van der Waals surface area contributed by atoms with E-state index in [-0.39, 0.29) is 6.67 Å². The van der Waals surface area contributed by atoms with Gasteiger partial charge in [-0.25, -0.2) is 4.79 Å². The highest BCUT2D eigenvalue weighted by Gasteiger charge is 2.35. The van der Waals surface area contributed by atoms with Crippen LogP contribution >= 0.6 is 0 Å². The second kappa shape index (κ2) is 5.27. The minimum Gasteiger partial charge on any atom is -0.269 e. The van der Waals surface area contributed by atoms with Crippen LogP contribution in [0.3, 0.4) is 0 Å². The maximum absolute atomic E-state index is 12.4. The van der Waals surface area contributed by atoms with Gasteiger partial charge >= 0.3 is 5.69 Å². The predicted octanol–water partition coefficient (Wildman–Crippen LogP) is 0.683. The van der Waals surface area contributed by atoms with Crippen molar-refractivity contribution in [3.05, 3.63) is 76.2 Å². The number of hydrogen-bond donors (Lipinski definition) is 0. The maximum Gasteiger partial charge on any atom is 0.370 e. The largest absolute Gasteiger partial charge is 0.370 e. The fourth-order valence-corrected chi connectivity index (χ4v) is 2.60. The molecule has 8 heteroatoms. The van der Waals surface area contributed by atoms with Crippen molar-refractivity contribution in [3.63, 3.8) is 0 Å². The molecule has 0 saturated heterocycles. The molecule has 8 nitrogen and oxygen atoms in total. The topological polar surface area (TPSA) is 90.1 Å². The average molecular weight is 321 g/mol. The van der Waals surface area contributed by atoms with E-state index >= 15 is 0 Å². The molecular weight excluding hydrogens is 310 g/mol. The van der Waals surface area contributed by atoms with E-state index in [4.69, 9.17) is 0 Å². The van der Waals surface area contributed by atoms with E-state index in [1.807, 2.05) is 6.07 Å². The lowest BCUT2D eigenvalue weighted by atomic mass is 10.1. The van der Waals surface area contributed by atoms with Crippen LogP contribution in [-0.4, -0.2) is 36.5 Å². The van der Waals surface area contributed by atoms with Crippen LogP contribution in [0.4, 0.5) is 0 Å². The summed E-state index contributed by atoms with van der Waals surface area (Å²) in [5.74, 6) is -0.895. The van der Waals surface area contributed by atoms with E-state index in [0.29, 0.717) is 16.8 Å². The first kappa shape index (κ1) is 14.1. The van der Waals surface area contributed by atoms with E-state index in [1.54, 1.807) is 48.5 Å². The molecule has 1 aliphatic rings. The summed E-state index contributed by atoms with van der Waals surface area (Å²) in [6, 6.07) is 15.3. The molecule has 0 saturated carbocycles. The number of carbonyl (C=O) groups excluding carboxylic acids is 2. The number of rotatable bonds is 3. The van der Waals surface area contributed by atoms with Crippen molar-refractivity contribution in [2.45, 2.75) is 6.67 Å². The Labute approximate surface area is 135 Å². The normalized spacial score (nSPS) is 13.4. The fourth-order valence-electron chi connectivity index (χ4n) is 2.60. The van der Waals surface area contributed by atoms with Gasteiger partial charge in [0.1, 0.15) is 6.67 Å². The SMILES string of the molecule is O=C1c2ccccc2C(=O)N1Cn1nnn(-c2ccccc2)c1=O. The van der Waals surface area contributed by atoms with E-state index in [9.17, 15) is 14.4 Å². The second-order valence-corrected chi connectivity index (χ2v) is 5.23. The third-order valence-electron chi connectivity index (χ3n) is 3.79. The lowest BCUT2D eigenvalue weighted by Gasteiger charge is -2.11. The van der Waals surface area contributed by atoms with Gasteiger partial charge in [-0.15, -0.1) is 0 Å². The Kier molecular flexibility index (Phi) is 3.09. The van der Waals surface area contributed by atoms with Crippen molar-refractivity contribution in [2.75, 3.05) is 0 Å². The van der Waals surface area contributed by atoms with Crippen LogP contribution in [-0.2, 0) is 6.67 Å². The summed E-state index contributed by atoms with van der Waals surface area (Å²) in [4.78, 5) is 38.0. The number of amides is 2. The maximum atomic E-state index is 12.4. The number of para-hydroxylation sites is 1. The van der Waals surface area contributed by atoms with Crippen molar-refractivity contribution in [1.29, 1.82) is 0 Å². The predicted molar refractivity (Wildman–Crippen MR) is 82.6 cm³/mol. The van der Waals surface area contributed by atoms with Crippen LogP contribution in [0.15, 0.2) is 59.4 Å². The number of fused-ring (bicyclic) bond motifs is 1. The molecule has 0 N–H and O–H groups in total. The standard InChI is InChI=1S/C16H11N5O3/c22-14-12-8-4-5-9-13(12)15(23)19(14)10-20-16(24)21(18-17-20)11-6-2-1-3-7-11/h1-9H,10H2. The molecule has 0 spiro atoms. The first-order valence-electron chi connectivity index (χ1n) is 7.20. The lowest BCUT2D eigenvalue weighted by molar-refractivity contribution is 0.0594. The van der Waals surface area contributed by atoms with Crippen molar-refractivity contribution in [1.82, 2.24) is 24.7 Å². The van der Waals surface area contributed by atoms with Crippen molar-refractivity contribution in [2.24, 2.45) is 0 Å². The molecule has 0 aliphatic carbocycles. The van der Waals surface area contributed by atoms with Gasteiger partial charge in [0.15, 0.2) is 0 Å². The number of benzene rings is 2. The Morgan fingerprint density at radius 3 is 1.96 bits per heavy atom. The molecule has 4 rings (SSSR count). The molecule has 0 radical (unpaired) electrons. The van der Waals surface area contributed by atoms with Crippen LogP contribution in [0.2, 0.25) is 0 Å². The Balaban J connectivity index is 1.66. The van der Waals surface area contributed by atoms with Gasteiger partial charge in [0.2, 0.25) is 0 Å². The highest BCUT2D eigenvalue weighted by molar-refractivity contribution is 6.21. The molecule has 0 atom stereocenters. The first-order chi connectivity index (χ1) is 11.7. The molecule has 1 aliphatic heterocycles. The van der Waals surface area contributed by atoms with Gasteiger partial charge in [-0.3, -0.25) is 14.5 Å². The molecule has 2 heterocycles. The van der Waals surface area contributed by atoms with Crippen molar-refractivity contribution in [3.8, 4) is 5.69 Å². The Bertz CT molecular complexity index is 971. The number of tetrazole rings is 1. The van der Waals surface area contributed by atoms with E-state index < -0.39 is 17.5 Å². The van der Waals surface area contributed by atoms with Gasteiger partial charge in [0.25, 0.3) is 11.8 Å². The highest BCUT2D eigenvalue weighted by atomic mass is 16.2. The highest BCUT2D eigenvalue weighted by Crippen LogP contribution is 2.22. The number of carbonyl (C=O) groups is 2. The molecule has 1 aromatic heterocycles. The van der Waals surface area contributed by atoms with Crippen LogP contribution in [0, 0.1) is 0 Å². The Hall–Kier alpha value is -3.55. The number of hydrogen-bond acceptors (Lipinski definition) is 5. The summed E-state index contributed by atoms with van der Waals surface area (Å²) in [6.45, 7) is -0.280. The molecule has 118 valence electrons. The third-order valence-corrected chi connectivity index (χ3v) is 3.79. The summed E-state index contributed by atoms with van der Waals surface area (Å²) >= 11 is 0. The minimum absolute atomic E-state index is 0.280. The Morgan fingerprint density at radius 2 is 1.33 bits per heavy atom. The molecule has 0 bridgehead atoms. The number of nitrogens with zero attached hydrogens (tertiary/aromatic N) is 5. The molecule has 2 aromatic carbocycles. The average Bonchev–Trinajstić information content (AvgIpc) is 3.10. The fraction of sp³-hybridized carbons (Fsp3) is 0.0625. The monoisotopic (exact) mass is 321 g/mol. The smallest absolute Gasteiger partial charge is 0.269 e. The van der Waals surface area contributed by atoms with Gasteiger partial charge in [-0.2, -0.15) is 9.36 Å². The van der Waals surface area contributed by atoms with Gasteiger partial charge in [-0.05, 0) is 34.7 Å². The van der Waals surface area contributed by atoms with Crippen LogP contribution in [0.1, 0.15) is 20.7 Å². The molecular formula is C16H11N5O3. The third kappa shape index (κ3) is 2.04. The van der Waals surface area contributed by atoms with Crippen molar-refractivity contribution < 1.29 is 9.59 Å². The summed E-state index contributed by atoms with van der Waals surface area (Å²) in [7, 11) is 0. The van der Waals surface area contributed by atoms with Gasteiger partial charge in [0.05, 0.1) is 16.8 Å². The van der Waals surface area contributed by atoms with Gasteiger partial charge in [0, 0.05) is 0 Å². The van der Waals surface area contributed by atoms with Crippen LogP contribution < -0.4 is 5.69 Å². The van der Waals surface area contributed by atoms with Crippen LogP contribution in [0.25, 0.3) is 5.69 Å². The summed E-state index contributed by atoms with van der Waals surface area (Å²) < 4.78 is 2.09. The number of imide groups is 1. The molecule has 3 aromatic rings. The van der Waals surface area contributed by atoms with Crippen molar-refractivity contribution >= 4 is 11.8 Å². The van der Waals surface area contributed by atoms with Gasteiger partial charge in [-0.1, -0.05) is 30.3 Å². The van der Waals surface area contributed by atoms with Gasteiger partial charge < -0.3 is 0 Å². The zero-order valence-electron chi connectivity index (χ0n) is 12.4. The van der Waals surface area contributed by atoms with E-state index in [0.717, 1.165) is 14.3 Å². The molecule has 0 unspecified atom stereocenters. The zero-order valence-corrected chi connectivity index (χ0v) is 12.4.